The molecule has 0 aliphatic carbocycles. The van der Waals surface area contributed by atoms with Gasteiger partial charge in [0, 0.05) is 38.6 Å². The molecule has 0 saturated heterocycles. The standard InChI is InChI=1S/C35H61N3O7/c1-22(2)25(17-24-13-14-28(43-11)30(18-24)44-16-12-15-42-10)19-27(36)29(45-33(41)34(5,6)7)20-26(23(3)4)31(39)38-21-35(8,9)32(37)40/h13-14,18,22-23,25-27,29H,12,15-17,19-21,36H2,1-11H3,(H2,37,40)(H,38,39)/t25-,26+,27?,29-/m0/s1. The maximum Gasteiger partial charge on any atom is 0.311 e. The second kappa shape index (κ2) is 18.3. The molecule has 0 radical (unpaired) electrons. The van der Waals surface area contributed by atoms with Crippen LogP contribution in [-0.2, 0) is 30.3 Å². The molecule has 1 rings (SSSR count). The average Bonchev–Trinajstić information content (AvgIpc) is 2.94. The Morgan fingerprint density at radius 1 is 0.911 bits per heavy atom. The molecule has 0 fully saturated rings. The first-order valence-electron chi connectivity index (χ1n) is 16.2. The van der Waals surface area contributed by atoms with Crippen LogP contribution in [0.3, 0.4) is 0 Å². The van der Waals surface area contributed by atoms with Crippen LogP contribution in [-0.4, -0.2) is 63.9 Å². The van der Waals surface area contributed by atoms with Gasteiger partial charge in [0.2, 0.25) is 11.8 Å². The molecule has 1 aromatic carbocycles. The molecule has 45 heavy (non-hydrogen) atoms. The summed E-state index contributed by atoms with van der Waals surface area (Å²) < 4.78 is 22.7. The van der Waals surface area contributed by atoms with Gasteiger partial charge in [0.1, 0.15) is 6.10 Å². The van der Waals surface area contributed by atoms with E-state index in [9.17, 15) is 14.4 Å². The lowest BCUT2D eigenvalue weighted by atomic mass is 9.80. The molecule has 0 saturated carbocycles. The summed E-state index contributed by atoms with van der Waals surface area (Å²) in [7, 11) is 3.28. The van der Waals surface area contributed by atoms with Crippen molar-refractivity contribution >= 4 is 17.8 Å². The molecule has 0 aromatic heterocycles. The summed E-state index contributed by atoms with van der Waals surface area (Å²) in [5, 5.41) is 2.89. The fourth-order valence-electron chi connectivity index (χ4n) is 4.82. The maximum atomic E-state index is 13.4. The van der Waals surface area contributed by atoms with Gasteiger partial charge in [-0.2, -0.15) is 0 Å². The number of carbonyl (C=O) groups is 3. The predicted molar refractivity (Wildman–Crippen MR) is 178 cm³/mol. The Labute approximate surface area is 271 Å². The van der Waals surface area contributed by atoms with Crippen molar-refractivity contribution in [2.45, 2.75) is 100 Å². The first-order chi connectivity index (χ1) is 20.8. The summed E-state index contributed by atoms with van der Waals surface area (Å²) in [5.74, 6) is 0.148. The zero-order valence-corrected chi connectivity index (χ0v) is 29.7. The molecule has 10 nitrogen and oxygen atoms in total. The van der Waals surface area contributed by atoms with E-state index in [0.717, 1.165) is 18.4 Å². The van der Waals surface area contributed by atoms with E-state index in [1.165, 1.54) is 0 Å². The lowest BCUT2D eigenvalue weighted by Gasteiger charge is -2.34. The normalized spacial score (nSPS) is 14.9. The van der Waals surface area contributed by atoms with Crippen LogP contribution in [0.1, 0.15) is 87.1 Å². The summed E-state index contributed by atoms with van der Waals surface area (Å²) in [5.41, 5.74) is 11.8. The van der Waals surface area contributed by atoms with E-state index in [4.69, 9.17) is 30.4 Å². The van der Waals surface area contributed by atoms with Crippen LogP contribution < -0.4 is 26.3 Å². The molecule has 0 bridgehead atoms. The summed E-state index contributed by atoms with van der Waals surface area (Å²) in [6.07, 6.45) is 1.66. The number of nitrogens with one attached hydrogen (secondary N) is 1. The highest BCUT2D eigenvalue weighted by Crippen LogP contribution is 2.33. The van der Waals surface area contributed by atoms with Crippen LogP contribution in [0.15, 0.2) is 18.2 Å². The van der Waals surface area contributed by atoms with Gasteiger partial charge in [0.15, 0.2) is 11.5 Å². The van der Waals surface area contributed by atoms with Crippen molar-refractivity contribution in [3.63, 3.8) is 0 Å². The van der Waals surface area contributed by atoms with E-state index in [1.807, 2.05) is 32.0 Å². The van der Waals surface area contributed by atoms with Crippen LogP contribution in [0, 0.1) is 34.5 Å². The Morgan fingerprint density at radius 2 is 1.56 bits per heavy atom. The number of rotatable bonds is 20. The number of amides is 2. The van der Waals surface area contributed by atoms with Gasteiger partial charge in [-0.3, -0.25) is 14.4 Å². The lowest BCUT2D eigenvalue weighted by molar-refractivity contribution is -0.162. The Balaban J connectivity index is 3.23. The van der Waals surface area contributed by atoms with Crippen LogP contribution in [0.2, 0.25) is 0 Å². The molecule has 1 aromatic rings. The van der Waals surface area contributed by atoms with Gasteiger partial charge in [-0.1, -0.05) is 33.8 Å². The molecule has 0 aliphatic heterocycles. The van der Waals surface area contributed by atoms with Gasteiger partial charge in [-0.25, -0.2) is 0 Å². The third-order valence-corrected chi connectivity index (χ3v) is 8.34. The third kappa shape index (κ3) is 13.6. The second-order valence-corrected chi connectivity index (χ2v) is 14.5. The molecule has 0 heterocycles. The zero-order chi connectivity index (χ0) is 34.5. The van der Waals surface area contributed by atoms with E-state index in [-0.39, 0.29) is 42.6 Å². The van der Waals surface area contributed by atoms with Crippen LogP contribution >= 0.6 is 0 Å². The largest absolute Gasteiger partial charge is 0.493 e. The molecule has 0 aliphatic rings. The summed E-state index contributed by atoms with van der Waals surface area (Å²) in [6, 6.07) is 5.45. The molecule has 4 atom stereocenters. The number of ether oxygens (including phenoxy) is 4. The van der Waals surface area contributed by atoms with Gasteiger partial charge < -0.3 is 35.7 Å². The van der Waals surface area contributed by atoms with Gasteiger partial charge in [0.05, 0.1) is 24.5 Å². The monoisotopic (exact) mass is 635 g/mol. The fourth-order valence-corrected chi connectivity index (χ4v) is 4.82. The van der Waals surface area contributed by atoms with Gasteiger partial charge >= 0.3 is 5.97 Å². The number of hydrogen-bond acceptors (Lipinski definition) is 8. The Hall–Kier alpha value is -2.85. The number of benzene rings is 1. The molecular formula is C35H61N3O7. The first-order valence-corrected chi connectivity index (χ1v) is 16.2. The number of nitrogens with two attached hydrogens (primary N) is 2. The van der Waals surface area contributed by atoms with Crippen LogP contribution in [0.25, 0.3) is 0 Å². The molecule has 5 N–H and O–H groups in total. The van der Waals surface area contributed by atoms with Gasteiger partial charge in [-0.15, -0.1) is 0 Å². The van der Waals surface area contributed by atoms with Crippen molar-refractivity contribution in [2.24, 2.45) is 46.0 Å². The zero-order valence-electron chi connectivity index (χ0n) is 29.7. The molecule has 258 valence electrons. The summed E-state index contributed by atoms with van der Waals surface area (Å²) >= 11 is 0. The Bertz CT molecular complexity index is 1080. The number of hydrogen-bond donors (Lipinski definition) is 3. The second-order valence-electron chi connectivity index (χ2n) is 14.5. The van der Waals surface area contributed by atoms with Gasteiger partial charge in [-0.05, 0) is 89.3 Å². The molecule has 1 unspecified atom stereocenters. The lowest BCUT2D eigenvalue weighted by Crippen LogP contribution is -2.48. The van der Waals surface area contributed by atoms with Crippen molar-refractivity contribution in [3.8, 4) is 11.5 Å². The highest BCUT2D eigenvalue weighted by molar-refractivity contribution is 5.83. The van der Waals surface area contributed by atoms with Crippen molar-refractivity contribution < 1.29 is 33.3 Å². The minimum atomic E-state index is -0.896. The number of methoxy groups -OCH3 is 2. The first kappa shape index (κ1) is 40.2. The van der Waals surface area contributed by atoms with Crippen LogP contribution in [0.4, 0.5) is 0 Å². The number of esters is 1. The molecule has 2 amide bonds. The van der Waals surface area contributed by atoms with E-state index >= 15 is 0 Å². The van der Waals surface area contributed by atoms with Crippen LogP contribution in [0.5, 0.6) is 11.5 Å². The highest BCUT2D eigenvalue weighted by Gasteiger charge is 2.36. The fraction of sp³-hybridized carbons (Fsp3) is 0.743. The Kier molecular flexibility index (Phi) is 16.4. The van der Waals surface area contributed by atoms with Gasteiger partial charge in [0.25, 0.3) is 0 Å². The third-order valence-electron chi connectivity index (χ3n) is 8.34. The van der Waals surface area contributed by atoms with Crippen molar-refractivity contribution in [3.05, 3.63) is 23.8 Å². The minimum absolute atomic E-state index is 0.0627. The summed E-state index contributed by atoms with van der Waals surface area (Å²) in [6.45, 7) is 18.2. The molecule has 10 heteroatoms. The molecule has 0 spiro atoms. The van der Waals surface area contributed by atoms with E-state index < -0.39 is 34.8 Å². The van der Waals surface area contributed by atoms with Crippen molar-refractivity contribution in [1.29, 1.82) is 0 Å². The topological polar surface area (TPSA) is 152 Å². The maximum absolute atomic E-state index is 13.4. The minimum Gasteiger partial charge on any atom is -0.493 e. The predicted octanol–water partition coefficient (Wildman–Crippen LogP) is 4.89. The quantitative estimate of drug-likeness (QED) is 0.135. The number of primary amides is 1. The SMILES string of the molecule is COCCCOc1cc(C[C@@H](CC(N)[C@H](C[C@@H](C(=O)NCC(C)(C)C(N)=O)C(C)C)OC(=O)C(C)(C)C)C(C)C)ccc1OC. The highest BCUT2D eigenvalue weighted by atomic mass is 16.5. The van der Waals surface area contributed by atoms with E-state index in [1.54, 1.807) is 48.8 Å². The van der Waals surface area contributed by atoms with Crippen molar-refractivity contribution in [1.82, 2.24) is 5.32 Å². The van der Waals surface area contributed by atoms with E-state index in [0.29, 0.717) is 31.1 Å². The number of carbonyl (C=O) groups excluding carboxylic acids is 3. The van der Waals surface area contributed by atoms with E-state index in [2.05, 4.69) is 19.2 Å². The smallest absolute Gasteiger partial charge is 0.311 e. The Morgan fingerprint density at radius 3 is 2.07 bits per heavy atom. The summed E-state index contributed by atoms with van der Waals surface area (Å²) in [4.78, 5) is 38.3. The van der Waals surface area contributed by atoms with Crippen molar-refractivity contribution in [2.75, 3.05) is 34.0 Å². The average molecular weight is 636 g/mol. The molecular weight excluding hydrogens is 574 g/mol.